The zero-order chi connectivity index (χ0) is 14.0. The third-order valence-electron chi connectivity index (χ3n) is 3.38. The van der Waals surface area contributed by atoms with Gasteiger partial charge in [-0.2, -0.15) is 13.2 Å². The largest absolute Gasteiger partial charge is 0.481 e. The number of nitrogens with zero attached hydrogens (tertiary/aromatic N) is 1. The summed E-state index contributed by atoms with van der Waals surface area (Å²) in [5.74, 6) is -4.53. The number of hydrogen-bond donors (Lipinski definition) is 1. The zero-order valence-corrected chi connectivity index (χ0v) is 11.3. The molecule has 0 bridgehead atoms. The van der Waals surface area contributed by atoms with Gasteiger partial charge in [0, 0.05) is 19.6 Å². The molecule has 1 aliphatic heterocycles. The van der Waals surface area contributed by atoms with Gasteiger partial charge in [0.1, 0.15) is 0 Å². The Balaban J connectivity index is 0.00000200. The molecule has 3 nitrogen and oxygen atoms in total. The molecule has 1 fully saturated rings. The van der Waals surface area contributed by atoms with Crippen LogP contribution in [-0.4, -0.2) is 35.2 Å². The topological polar surface area (TPSA) is 40.5 Å². The van der Waals surface area contributed by atoms with Crippen molar-refractivity contribution in [3.63, 3.8) is 0 Å². The van der Waals surface area contributed by atoms with Gasteiger partial charge in [0.15, 0.2) is 0 Å². The molecule has 0 spiro atoms. The predicted octanol–water partition coefficient (Wildman–Crippen LogP) is 2.80. The highest BCUT2D eigenvalue weighted by molar-refractivity contribution is 5.85. The van der Waals surface area contributed by atoms with E-state index in [1.165, 1.54) is 0 Å². The van der Waals surface area contributed by atoms with E-state index in [0.29, 0.717) is 6.54 Å². The molecule has 7 heteroatoms. The molecule has 0 unspecified atom stereocenters. The van der Waals surface area contributed by atoms with Crippen LogP contribution in [0.1, 0.15) is 5.56 Å². The van der Waals surface area contributed by atoms with Crippen LogP contribution in [0.5, 0.6) is 0 Å². The van der Waals surface area contributed by atoms with Crippen LogP contribution in [0.4, 0.5) is 13.2 Å². The number of likely N-dealkylation sites (tertiary alicyclic amines) is 1. The lowest BCUT2D eigenvalue weighted by molar-refractivity contribution is -0.188. The third-order valence-corrected chi connectivity index (χ3v) is 3.38. The van der Waals surface area contributed by atoms with Crippen molar-refractivity contribution in [3.05, 3.63) is 35.9 Å². The van der Waals surface area contributed by atoms with Gasteiger partial charge in [0.2, 0.25) is 0 Å². The number of benzene rings is 1. The number of carboxylic acid groups (broad SMARTS) is 1. The van der Waals surface area contributed by atoms with E-state index in [4.69, 9.17) is 5.11 Å². The summed E-state index contributed by atoms with van der Waals surface area (Å²) in [7, 11) is 0. The lowest BCUT2D eigenvalue weighted by atomic mass is 9.96. The fourth-order valence-corrected chi connectivity index (χ4v) is 2.44. The minimum Gasteiger partial charge on any atom is -0.481 e. The van der Waals surface area contributed by atoms with Crippen LogP contribution < -0.4 is 0 Å². The Morgan fingerprint density at radius 2 is 1.85 bits per heavy atom. The molecule has 20 heavy (non-hydrogen) atoms. The fraction of sp³-hybridized carbons (Fsp3) is 0.462. The lowest BCUT2D eigenvalue weighted by Crippen LogP contribution is -2.33. The van der Waals surface area contributed by atoms with Crippen molar-refractivity contribution in [1.82, 2.24) is 4.90 Å². The van der Waals surface area contributed by atoms with Crippen LogP contribution in [0.25, 0.3) is 0 Å². The highest BCUT2D eigenvalue weighted by atomic mass is 35.5. The summed E-state index contributed by atoms with van der Waals surface area (Å²) in [6, 6.07) is 9.07. The average Bonchev–Trinajstić information content (AvgIpc) is 2.74. The highest BCUT2D eigenvalue weighted by Crippen LogP contribution is 2.38. The second kappa shape index (κ2) is 6.45. The summed E-state index contributed by atoms with van der Waals surface area (Å²) in [4.78, 5) is 12.5. The first-order valence-corrected chi connectivity index (χ1v) is 5.93. The number of halogens is 4. The van der Waals surface area contributed by atoms with Crippen molar-refractivity contribution in [1.29, 1.82) is 0 Å². The minimum absolute atomic E-state index is 0. The Hall–Kier alpha value is -1.27. The molecule has 0 aliphatic carbocycles. The Kier molecular flexibility index (Phi) is 5.42. The molecule has 1 aliphatic rings. The van der Waals surface area contributed by atoms with Gasteiger partial charge in [-0.1, -0.05) is 30.3 Å². The summed E-state index contributed by atoms with van der Waals surface area (Å²) >= 11 is 0. The van der Waals surface area contributed by atoms with Crippen molar-refractivity contribution in [3.8, 4) is 0 Å². The fourth-order valence-electron chi connectivity index (χ4n) is 2.44. The second-order valence-corrected chi connectivity index (χ2v) is 4.77. The SMILES string of the molecule is Cl.O=C(O)[C@H]1CN(Cc2ccccc2)C[C@@H]1C(F)(F)F. The summed E-state index contributed by atoms with van der Waals surface area (Å²) in [6.07, 6.45) is -4.46. The molecule has 112 valence electrons. The Morgan fingerprint density at radius 3 is 2.30 bits per heavy atom. The van der Waals surface area contributed by atoms with Crippen molar-refractivity contribution < 1.29 is 23.1 Å². The third kappa shape index (κ3) is 3.86. The first-order valence-electron chi connectivity index (χ1n) is 5.93. The van der Waals surface area contributed by atoms with E-state index in [1.54, 1.807) is 17.0 Å². The maximum atomic E-state index is 12.8. The van der Waals surface area contributed by atoms with Crippen molar-refractivity contribution in [2.45, 2.75) is 12.7 Å². The van der Waals surface area contributed by atoms with Gasteiger partial charge in [0.05, 0.1) is 11.8 Å². The van der Waals surface area contributed by atoms with Gasteiger partial charge >= 0.3 is 12.1 Å². The van der Waals surface area contributed by atoms with Crippen molar-refractivity contribution in [2.75, 3.05) is 13.1 Å². The average molecular weight is 310 g/mol. The quantitative estimate of drug-likeness (QED) is 0.933. The smallest absolute Gasteiger partial charge is 0.393 e. The van der Waals surface area contributed by atoms with Crippen LogP contribution in [0.2, 0.25) is 0 Å². The van der Waals surface area contributed by atoms with Gasteiger partial charge in [-0.25, -0.2) is 0 Å². The maximum Gasteiger partial charge on any atom is 0.393 e. The molecule has 2 rings (SSSR count). The van der Waals surface area contributed by atoms with Crippen LogP contribution in [-0.2, 0) is 11.3 Å². The Morgan fingerprint density at radius 1 is 1.25 bits per heavy atom. The Labute approximate surface area is 120 Å². The van der Waals surface area contributed by atoms with Gasteiger partial charge < -0.3 is 5.11 Å². The molecular weight excluding hydrogens is 295 g/mol. The number of carbonyl (C=O) groups is 1. The normalized spacial score (nSPS) is 23.4. The van der Waals surface area contributed by atoms with E-state index >= 15 is 0 Å². The summed E-state index contributed by atoms with van der Waals surface area (Å²) in [5, 5.41) is 8.90. The molecule has 0 saturated carbocycles. The molecule has 1 aromatic carbocycles. The number of rotatable bonds is 3. The number of carboxylic acids is 1. The molecule has 1 saturated heterocycles. The number of alkyl halides is 3. The van der Waals surface area contributed by atoms with Gasteiger partial charge in [-0.3, -0.25) is 9.69 Å². The van der Waals surface area contributed by atoms with E-state index in [0.717, 1.165) is 5.56 Å². The van der Waals surface area contributed by atoms with E-state index < -0.39 is 24.0 Å². The van der Waals surface area contributed by atoms with Crippen LogP contribution in [0, 0.1) is 11.8 Å². The van der Waals surface area contributed by atoms with Gasteiger partial charge in [-0.15, -0.1) is 12.4 Å². The van der Waals surface area contributed by atoms with Crippen LogP contribution in [0.3, 0.4) is 0 Å². The second-order valence-electron chi connectivity index (χ2n) is 4.77. The molecule has 0 aromatic heterocycles. The number of aliphatic carboxylic acids is 1. The van der Waals surface area contributed by atoms with Gasteiger partial charge in [-0.05, 0) is 5.56 Å². The van der Waals surface area contributed by atoms with Crippen molar-refractivity contribution in [2.24, 2.45) is 11.8 Å². The Bertz CT molecular complexity index is 453. The van der Waals surface area contributed by atoms with Crippen LogP contribution >= 0.6 is 12.4 Å². The lowest BCUT2D eigenvalue weighted by Gasteiger charge is -2.18. The molecule has 1 heterocycles. The van der Waals surface area contributed by atoms with E-state index in [2.05, 4.69) is 0 Å². The maximum absolute atomic E-state index is 12.8. The summed E-state index contributed by atoms with van der Waals surface area (Å²) in [6.45, 7) is 0.0287. The van der Waals surface area contributed by atoms with Gasteiger partial charge in [0.25, 0.3) is 0 Å². The summed E-state index contributed by atoms with van der Waals surface area (Å²) in [5.41, 5.74) is 0.884. The molecule has 1 N–H and O–H groups in total. The number of hydrogen-bond acceptors (Lipinski definition) is 2. The van der Waals surface area contributed by atoms with Crippen LogP contribution in [0.15, 0.2) is 30.3 Å². The zero-order valence-electron chi connectivity index (χ0n) is 10.5. The molecule has 0 radical (unpaired) electrons. The van der Waals surface area contributed by atoms with E-state index in [9.17, 15) is 18.0 Å². The standard InChI is InChI=1S/C13H14F3NO2.ClH/c14-13(15,16)11-8-17(7-10(11)12(18)19)6-9-4-2-1-3-5-9;/h1-5,10-11H,6-8H2,(H,18,19);1H/t10-,11-;/m0./s1. The first kappa shape index (κ1) is 16.8. The first-order chi connectivity index (χ1) is 8.88. The van der Waals surface area contributed by atoms with E-state index in [-0.39, 0.29) is 25.5 Å². The molecule has 1 aromatic rings. The summed E-state index contributed by atoms with van der Waals surface area (Å²) < 4.78 is 38.4. The van der Waals surface area contributed by atoms with Crippen molar-refractivity contribution >= 4 is 18.4 Å². The minimum atomic E-state index is -4.46. The molecular formula is C13H15ClF3NO2. The highest BCUT2D eigenvalue weighted by Gasteiger charge is 2.52. The molecule has 0 amide bonds. The van der Waals surface area contributed by atoms with E-state index in [1.807, 2.05) is 18.2 Å². The molecule has 2 atom stereocenters. The predicted molar refractivity (Wildman–Crippen MR) is 69.6 cm³/mol. The monoisotopic (exact) mass is 309 g/mol.